The Morgan fingerprint density at radius 1 is 1.12 bits per heavy atom. The lowest BCUT2D eigenvalue weighted by atomic mass is 10.2. The third-order valence-electron chi connectivity index (χ3n) is 4.48. The number of nitrogens with zero attached hydrogens (tertiary/aromatic N) is 1. The summed E-state index contributed by atoms with van der Waals surface area (Å²) in [5.74, 6) is -1.06. The van der Waals surface area contributed by atoms with E-state index in [1.807, 2.05) is 0 Å². The molecule has 1 aliphatic rings. The molecule has 0 radical (unpaired) electrons. The van der Waals surface area contributed by atoms with Crippen LogP contribution in [-0.4, -0.2) is 49.5 Å². The van der Waals surface area contributed by atoms with Crippen LogP contribution in [0.4, 0.5) is 4.79 Å². The van der Waals surface area contributed by atoms with Crippen LogP contribution in [0.2, 0.25) is 5.02 Å². The van der Waals surface area contributed by atoms with Crippen molar-refractivity contribution in [3.63, 3.8) is 0 Å². The van der Waals surface area contributed by atoms with Crippen molar-refractivity contribution in [1.82, 2.24) is 14.9 Å². The lowest BCUT2D eigenvalue weighted by Crippen LogP contribution is -2.46. The van der Waals surface area contributed by atoms with Gasteiger partial charge in [0.15, 0.2) is 0 Å². The van der Waals surface area contributed by atoms with Gasteiger partial charge in [0.05, 0.1) is 15.8 Å². The van der Waals surface area contributed by atoms with Crippen LogP contribution >= 0.6 is 23.4 Å². The van der Waals surface area contributed by atoms with E-state index in [9.17, 15) is 22.8 Å². The largest absolute Gasteiger partial charge is 0.353 e. The number of benzene rings is 2. The molecule has 8 nitrogen and oxygen atoms in total. The van der Waals surface area contributed by atoms with Gasteiger partial charge in [-0.3, -0.25) is 19.3 Å². The Morgan fingerprint density at radius 2 is 1.78 bits per heavy atom. The van der Waals surface area contributed by atoms with Crippen molar-refractivity contribution in [1.29, 1.82) is 0 Å². The van der Waals surface area contributed by atoms with Crippen LogP contribution in [0, 0.1) is 0 Å². The minimum Gasteiger partial charge on any atom is -0.353 e. The van der Waals surface area contributed by atoms with Crippen molar-refractivity contribution in [3.05, 3.63) is 70.1 Å². The van der Waals surface area contributed by atoms with E-state index in [2.05, 4.69) is 10.0 Å². The summed E-state index contributed by atoms with van der Waals surface area (Å²) in [5, 5.41) is 2.54. The number of amides is 3. The van der Waals surface area contributed by atoms with Gasteiger partial charge in [-0.2, -0.15) is 4.72 Å². The second-order valence-electron chi connectivity index (χ2n) is 6.80. The van der Waals surface area contributed by atoms with Crippen LogP contribution in [0.5, 0.6) is 0 Å². The maximum absolute atomic E-state index is 12.6. The first-order chi connectivity index (χ1) is 15.2. The Labute approximate surface area is 195 Å². The third kappa shape index (κ3) is 5.77. The van der Waals surface area contributed by atoms with E-state index >= 15 is 0 Å². The lowest BCUT2D eigenvalue weighted by molar-refractivity contribution is -0.124. The first-order valence-electron chi connectivity index (χ1n) is 9.54. The van der Waals surface area contributed by atoms with Gasteiger partial charge in [-0.15, -0.1) is 0 Å². The molecule has 0 aromatic heterocycles. The van der Waals surface area contributed by atoms with Gasteiger partial charge in [0.2, 0.25) is 15.9 Å². The van der Waals surface area contributed by atoms with Crippen molar-refractivity contribution in [2.45, 2.75) is 17.9 Å². The average molecular weight is 494 g/mol. The van der Waals surface area contributed by atoms with Crippen molar-refractivity contribution in [2.75, 3.05) is 13.1 Å². The van der Waals surface area contributed by atoms with E-state index in [-0.39, 0.29) is 22.9 Å². The molecule has 1 saturated heterocycles. The zero-order valence-electron chi connectivity index (χ0n) is 16.9. The van der Waals surface area contributed by atoms with Gasteiger partial charge in [0, 0.05) is 18.1 Å². The molecule has 0 saturated carbocycles. The SMILES string of the molecule is CC(NS(=O)(=O)c1ccccc1)C(=O)NCCN1C(=O)S/C(=C\c2ccccc2Cl)C1=O. The number of imide groups is 1. The van der Waals surface area contributed by atoms with Crippen LogP contribution in [0.3, 0.4) is 0 Å². The molecule has 168 valence electrons. The van der Waals surface area contributed by atoms with Crippen LogP contribution in [0.1, 0.15) is 12.5 Å². The maximum atomic E-state index is 12.6. The van der Waals surface area contributed by atoms with Crippen molar-refractivity contribution in [2.24, 2.45) is 0 Å². The standard InChI is InChI=1S/C21H20ClN3O5S2/c1-14(24-32(29,30)16-8-3-2-4-9-16)19(26)23-11-12-25-20(27)18(31-21(25)28)13-15-7-5-6-10-17(15)22/h2-10,13-14,24H,11-12H2,1H3,(H,23,26)/b18-13-. The monoisotopic (exact) mass is 493 g/mol. The number of carbonyl (C=O) groups excluding carboxylic acids is 3. The number of hydrogen-bond acceptors (Lipinski definition) is 6. The second-order valence-corrected chi connectivity index (χ2v) is 9.92. The molecule has 0 bridgehead atoms. The molecule has 1 unspecified atom stereocenters. The van der Waals surface area contributed by atoms with Crippen LogP contribution in [-0.2, 0) is 19.6 Å². The summed E-state index contributed by atoms with van der Waals surface area (Å²) in [6, 6.07) is 13.6. The normalized spacial score (nSPS) is 16.4. The molecule has 1 aliphatic heterocycles. The predicted molar refractivity (Wildman–Crippen MR) is 123 cm³/mol. The molecular formula is C21H20ClN3O5S2. The Kier molecular flexibility index (Phi) is 7.73. The maximum Gasteiger partial charge on any atom is 0.293 e. The highest BCUT2D eigenvalue weighted by Crippen LogP contribution is 2.33. The van der Waals surface area contributed by atoms with E-state index in [4.69, 9.17) is 11.6 Å². The Hall–Kier alpha value is -2.66. The fourth-order valence-electron chi connectivity index (χ4n) is 2.82. The van der Waals surface area contributed by atoms with Gasteiger partial charge in [-0.1, -0.05) is 48.0 Å². The summed E-state index contributed by atoms with van der Waals surface area (Å²) in [4.78, 5) is 38.3. The minimum atomic E-state index is -3.85. The molecule has 1 fully saturated rings. The number of thioether (sulfide) groups is 1. The lowest BCUT2D eigenvalue weighted by Gasteiger charge is -2.16. The van der Waals surface area contributed by atoms with Crippen LogP contribution in [0.25, 0.3) is 6.08 Å². The topological polar surface area (TPSA) is 113 Å². The zero-order valence-corrected chi connectivity index (χ0v) is 19.3. The van der Waals surface area contributed by atoms with Gasteiger partial charge in [-0.05, 0) is 48.5 Å². The molecule has 2 aromatic rings. The smallest absolute Gasteiger partial charge is 0.293 e. The number of nitrogens with one attached hydrogen (secondary N) is 2. The minimum absolute atomic E-state index is 0.0202. The zero-order chi connectivity index (χ0) is 23.3. The highest BCUT2D eigenvalue weighted by Gasteiger charge is 2.35. The van der Waals surface area contributed by atoms with Crippen LogP contribution < -0.4 is 10.0 Å². The molecule has 2 aromatic carbocycles. The van der Waals surface area contributed by atoms with E-state index in [1.165, 1.54) is 19.1 Å². The first kappa shape index (κ1) is 24.0. The van der Waals surface area contributed by atoms with Gasteiger partial charge in [0.25, 0.3) is 11.1 Å². The second kappa shape index (κ2) is 10.3. The molecule has 2 N–H and O–H groups in total. The number of hydrogen-bond donors (Lipinski definition) is 2. The number of halogens is 1. The summed E-state index contributed by atoms with van der Waals surface area (Å²) in [6.45, 7) is 1.34. The van der Waals surface area contributed by atoms with Gasteiger partial charge in [0.1, 0.15) is 0 Å². The van der Waals surface area contributed by atoms with E-state index < -0.39 is 33.1 Å². The molecule has 1 atom stereocenters. The van der Waals surface area contributed by atoms with Crippen molar-refractivity contribution >= 4 is 56.5 Å². The van der Waals surface area contributed by atoms with Gasteiger partial charge >= 0.3 is 0 Å². The number of sulfonamides is 1. The molecule has 3 rings (SSSR count). The molecule has 3 amide bonds. The highest BCUT2D eigenvalue weighted by molar-refractivity contribution is 8.18. The van der Waals surface area contributed by atoms with Crippen molar-refractivity contribution in [3.8, 4) is 0 Å². The summed E-state index contributed by atoms with van der Waals surface area (Å²) < 4.78 is 26.9. The molecular weight excluding hydrogens is 474 g/mol. The molecule has 32 heavy (non-hydrogen) atoms. The van der Waals surface area contributed by atoms with E-state index in [0.717, 1.165) is 16.7 Å². The molecule has 0 aliphatic carbocycles. The highest BCUT2D eigenvalue weighted by atomic mass is 35.5. The fourth-order valence-corrected chi connectivity index (χ4v) is 5.09. The summed E-state index contributed by atoms with van der Waals surface area (Å²) in [7, 11) is -3.85. The predicted octanol–water partition coefficient (Wildman–Crippen LogP) is 2.86. The average Bonchev–Trinajstić information content (AvgIpc) is 3.03. The van der Waals surface area contributed by atoms with Gasteiger partial charge in [-0.25, -0.2) is 8.42 Å². The van der Waals surface area contributed by atoms with E-state index in [1.54, 1.807) is 48.5 Å². The van der Waals surface area contributed by atoms with E-state index in [0.29, 0.717) is 10.6 Å². The summed E-state index contributed by atoms with van der Waals surface area (Å²) >= 11 is 6.89. The molecule has 0 spiro atoms. The Balaban J connectivity index is 1.54. The Bertz CT molecular complexity index is 1170. The summed E-state index contributed by atoms with van der Waals surface area (Å²) in [6.07, 6.45) is 1.55. The van der Waals surface area contributed by atoms with Crippen molar-refractivity contribution < 1.29 is 22.8 Å². The quantitative estimate of drug-likeness (QED) is 0.547. The Morgan fingerprint density at radius 3 is 2.47 bits per heavy atom. The molecule has 1 heterocycles. The molecule has 11 heteroatoms. The fraction of sp³-hybridized carbons (Fsp3) is 0.190. The van der Waals surface area contributed by atoms with Gasteiger partial charge < -0.3 is 5.32 Å². The number of rotatable bonds is 8. The first-order valence-corrected chi connectivity index (χ1v) is 12.2. The third-order valence-corrected chi connectivity index (χ3v) is 7.29. The number of carbonyl (C=O) groups is 3. The summed E-state index contributed by atoms with van der Waals surface area (Å²) in [5.41, 5.74) is 0.618. The van der Waals surface area contributed by atoms with Crippen LogP contribution in [0.15, 0.2) is 64.4 Å².